The van der Waals surface area contributed by atoms with Gasteiger partial charge in [0.1, 0.15) is 0 Å². The summed E-state index contributed by atoms with van der Waals surface area (Å²) < 4.78 is 7.10. The van der Waals surface area contributed by atoms with E-state index in [1.54, 1.807) is 24.5 Å². The number of nitrogens with one attached hydrogen (secondary N) is 1. The van der Waals surface area contributed by atoms with Crippen molar-refractivity contribution in [1.29, 1.82) is 0 Å². The Morgan fingerprint density at radius 1 is 1.31 bits per heavy atom. The molecule has 1 atom stereocenters. The van der Waals surface area contributed by atoms with E-state index in [9.17, 15) is 9.59 Å². The zero-order valence-corrected chi connectivity index (χ0v) is 14.5. The minimum Gasteiger partial charge on any atom is -0.448 e. The maximum absolute atomic E-state index is 12.5. The van der Waals surface area contributed by atoms with Crippen LogP contribution in [0.1, 0.15) is 35.8 Å². The van der Waals surface area contributed by atoms with E-state index in [0.29, 0.717) is 17.7 Å². The molecule has 0 radical (unpaired) electrons. The Bertz CT molecular complexity index is 1010. The average Bonchev–Trinajstić information content (AvgIpc) is 3.05. The van der Waals surface area contributed by atoms with Crippen molar-refractivity contribution in [3.63, 3.8) is 0 Å². The first-order chi connectivity index (χ1) is 12.5. The Hall–Kier alpha value is -3.22. The van der Waals surface area contributed by atoms with Crippen molar-refractivity contribution >= 4 is 28.6 Å². The van der Waals surface area contributed by atoms with E-state index in [-0.39, 0.29) is 11.9 Å². The Morgan fingerprint density at radius 2 is 2.12 bits per heavy atom. The number of nitrogens with zero attached hydrogens (tertiary/aromatic N) is 3. The van der Waals surface area contributed by atoms with Gasteiger partial charge < -0.3 is 10.1 Å². The maximum atomic E-state index is 12.5. The first kappa shape index (κ1) is 16.3. The number of ether oxygens (including phenoxy) is 1. The molecule has 0 aliphatic carbocycles. The smallest absolute Gasteiger partial charge is 0.339 e. The third-order valence-corrected chi connectivity index (χ3v) is 4.37. The molecule has 132 valence electrons. The van der Waals surface area contributed by atoms with E-state index in [2.05, 4.69) is 15.4 Å². The Labute approximate surface area is 150 Å². The van der Waals surface area contributed by atoms with Crippen LogP contribution < -0.4 is 5.32 Å². The molecule has 1 aliphatic heterocycles. The molecule has 0 fully saturated rings. The number of benzene rings is 1. The van der Waals surface area contributed by atoms with Crippen molar-refractivity contribution in [2.24, 2.45) is 0 Å². The second-order valence-electron chi connectivity index (χ2n) is 6.56. The number of carbonyl (C=O) groups is 2. The van der Waals surface area contributed by atoms with Crippen LogP contribution in [0.15, 0.2) is 42.7 Å². The van der Waals surface area contributed by atoms with Gasteiger partial charge in [0.2, 0.25) is 0 Å². The Morgan fingerprint density at radius 3 is 2.92 bits per heavy atom. The highest BCUT2D eigenvalue weighted by molar-refractivity contribution is 6.00. The van der Waals surface area contributed by atoms with Gasteiger partial charge in [0.05, 0.1) is 23.6 Å². The van der Waals surface area contributed by atoms with Gasteiger partial charge in [0.25, 0.3) is 5.91 Å². The van der Waals surface area contributed by atoms with Crippen LogP contribution in [0.25, 0.3) is 11.0 Å². The standard InChI is InChI=1S/C19H18N4O3/c1-11(2)23-17-13(9-21-23)7-14(10-20-17)22-18(24)16-8-12-5-3-4-6-15(12)19(25)26-16/h3-7,9-11,16H,8H2,1-2H3,(H,22,24)/t16-/m1/s1. The van der Waals surface area contributed by atoms with Crippen molar-refractivity contribution < 1.29 is 14.3 Å². The van der Waals surface area contributed by atoms with E-state index in [4.69, 9.17) is 4.74 Å². The van der Waals surface area contributed by atoms with Gasteiger partial charge in [-0.15, -0.1) is 0 Å². The number of esters is 1. The molecule has 1 aromatic carbocycles. The van der Waals surface area contributed by atoms with E-state index >= 15 is 0 Å². The van der Waals surface area contributed by atoms with Crippen LogP contribution in [0, 0.1) is 0 Å². The molecule has 0 bridgehead atoms. The van der Waals surface area contributed by atoms with E-state index in [1.807, 2.05) is 36.7 Å². The third kappa shape index (κ3) is 2.81. The molecule has 26 heavy (non-hydrogen) atoms. The van der Waals surface area contributed by atoms with Gasteiger partial charge in [0.15, 0.2) is 11.8 Å². The maximum Gasteiger partial charge on any atom is 0.339 e. The molecule has 1 N–H and O–H groups in total. The van der Waals surface area contributed by atoms with Crippen molar-refractivity contribution in [2.45, 2.75) is 32.4 Å². The van der Waals surface area contributed by atoms with E-state index in [1.165, 1.54) is 0 Å². The van der Waals surface area contributed by atoms with Gasteiger partial charge in [-0.3, -0.25) is 4.79 Å². The summed E-state index contributed by atoms with van der Waals surface area (Å²) in [5.74, 6) is -0.843. The van der Waals surface area contributed by atoms with Crippen molar-refractivity contribution in [1.82, 2.24) is 14.8 Å². The van der Waals surface area contributed by atoms with E-state index < -0.39 is 12.1 Å². The van der Waals surface area contributed by atoms with Crippen LogP contribution in [0.5, 0.6) is 0 Å². The normalized spacial score (nSPS) is 16.4. The first-order valence-electron chi connectivity index (χ1n) is 8.46. The number of hydrogen-bond acceptors (Lipinski definition) is 5. The number of aromatic nitrogens is 3. The predicted octanol–water partition coefficient (Wildman–Crippen LogP) is 2.73. The summed E-state index contributed by atoms with van der Waals surface area (Å²) in [7, 11) is 0. The summed E-state index contributed by atoms with van der Waals surface area (Å²) in [6.45, 7) is 4.05. The summed E-state index contributed by atoms with van der Waals surface area (Å²) >= 11 is 0. The molecule has 0 saturated heterocycles. The van der Waals surface area contributed by atoms with Crippen molar-refractivity contribution in [3.8, 4) is 0 Å². The van der Waals surface area contributed by atoms with Gasteiger partial charge in [-0.25, -0.2) is 14.5 Å². The monoisotopic (exact) mass is 350 g/mol. The molecular formula is C19H18N4O3. The highest BCUT2D eigenvalue weighted by Gasteiger charge is 2.31. The number of pyridine rings is 1. The van der Waals surface area contributed by atoms with Gasteiger partial charge in [-0.1, -0.05) is 18.2 Å². The van der Waals surface area contributed by atoms with Gasteiger partial charge >= 0.3 is 5.97 Å². The number of hydrogen-bond donors (Lipinski definition) is 1. The summed E-state index contributed by atoms with van der Waals surface area (Å²) in [6, 6.07) is 9.17. The van der Waals surface area contributed by atoms with Crippen molar-refractivity contribution in [3.05, 3.63) is 53.9 Å². The lowest BCUT2D eigenvalue weighted by molar-refractivity contribution is -0.125. The van der Waals surface area contributed by atoms with E-state index in [0.717, 1.165) is 16.6 Å². The molecule has 1 amide bonds. The number of anilines is 1. The number of rotatable bonds is 3. The molecule has 7 nitrogen and oxygen atoms in total. The molecule has 4 rings (SSSR count). The summed E-state index contributed by atoms with van der Waals surface area (Å²) in [5, 5.41) is 7.93. The summed E-state index contributed by atoms with van der Waals surface area (Å²) in [5.41, 5.74) is 2.63. The van der Waals surface area contributed by atoms with Crippen LogP contribution in [0.4, 0.5) is 5.69 Å². The van der Waals surface area contributed by atoms with Crippen LogP contribution in [0.3, 0.4) is 0 Å². The summed E-state index contributed by atoms with van der Waals surface area (Å²) in [4.78, 5) is 29.0. The first-order valence-corrected chi connectivity index (χ1v) is 8.46. The van der Waals surface area contributed by atoms with Crippen molar-refractivity contribution in [2.75, 3.05) is 5.32 Å². The number of cyclic esters (lactones) is 1. The van der Waals surface area contributed by atoms with Crippen LogP contribution in [-0.4, -0.2) is 32.7 Å². The molecule has 0 saturated carbocycles. The Balaban J connectivity index is 1.53. The fourth-order valence-electron chi connectivity index (χ4n) is 3.09. The quantitative estimate of drug-likeness (QED) is 0.734. The Kier molecular flexibility index (Phi) is 3.91. The topological polar surface area (TPSA) is 86.1 Å². The summed E-state index contributed by atoms with van der Waals surface area (Å²) in [6.07, 6.45) is 2.80. The number of fused-ring (bicyclic) bond motifs is 2. The lowest BCUT2D eigenvalue weighted by atomic mass is 9.98. The SMILES string of the molecule is CC(C)n1ncc2cc(NC(=O)[C@H]3Cc4ccccc4C(=O)O3)cnc21. The van der Waals surface area contributed by atoms with Crippen LogP contribution >= 0.6 is 0 Å². The molecule has 1 aliphatic rings. The zero-order chi connectivity index (χ0) is 18.3. The van der Waals surface area contributed by atoms with Gasteiger partial charge in [-0.05, 0) is 31.5 Å². The molecular weight excluding hydrogens is 332 g/mol. The minimum absolute atomic E-state index is 0.196. The molecule has 3 heterocycles. The molecule has 0 unspecified atom stereocenters. The fraction of sp³-hybridized carbons (Fsp3) is 0.263. The van der Waals surface area contributed by atoms with Gasteiger partial charge in [0, 0.05) is 17.8 Å². The molecule has 3 aromatic rings. The van der Waals surface area contributed by atoms with Crippen LogP contribution in [-0.2, 0) is 16.0 Å². The zero-order valence-electron chi connectivity index (χ0n) is 14.5. The van der Waals surface area contributed by atoms with Gasteiger partial charge in [-0.2, -0.15) is 5.10 Å². The lowest BCUT2D eigenvalue weighted by Crippen LogP contribution is -2.37. The number of amides is 1. The number of carbonyl (C=O) groups excluding carboxylic acids is 2. The second-order valence-corrected chi connectivity index (χ2v) is 6.56. The third-order valence-electron chi connectivity index (χ3n) is 4.37. The fourth-order valence-corrected chi connectivity index (χ4v) is 3.09. The second kappa shape index (κ2) is 6.25. The highest BCUT2D eigenvalue weighted by Crippen LogP contribution is 2.23. The average molecular weight is 350 g/mol. The largest absolute Gasteiger partial charge is 0.448 e. The molecule has 2 aromatic heterocycles. The van der Waals surface area contributed by atoms with Crippen LogP contribution in [0.2, 0.25) is 0 Å². The molecule has 7 heteroatoms. The lowest BCUT2D eigenvalue weighted by Gasteiger charge is -2.23. The minimum atomic E-state index is -0.855. The predicted molar refractivity (Wildman–Crippen MR) is 95.9 cm³/mol. The molecule has 0 spiro atoms. The highest BCUT2D eigenvalue weighted by atomic mass is 16.5.